The predicted octanol–water partition coefficient (Wildman–Crippen LogP) is 3.63. The molecular weight excluding hydrogens is 308 g/mol. The van der Waals surface area contributed by atoms with Crippen LogP contribution in [0, 0.1) is 25.2 Å². The van der Waals surface area contributed by atoms with Gasteiger partial charge in [-0.3, -0.25) is 4.72 Å². The van der Waals surface area contributed by atoms with Crippen molar-refractivity contribution in [1.29, 1.82) is 5.26 Å². The van der Waals surface area contributed by atoms with Crippen molar-refractivity contribution < 1.29 is 8.42 Å². The van der Waals surface area contributed by atoms with Gasteiger partial charge in [-0.2, -0.15) is 5.26 Å². The van der Waals surface area contributed by atoms with Crippen LogP contribution >= 0.6 is 11.6 Å². The molecule has 0 aliphatic heterocycles. The number of anilines is 1. The molecule has 4 nitrogen and oxygen atoms in total. The van der Waals surface area contributed by atoms with E-state index in [1.54, 1.807) is 12.1 Å². The number of nitrogens with zero attached hydrogens (tertiary/aromatic N) is 1. The fourth-order valence-corrected chi connectivity index (χ4v) is 3.37. The highest BCUT2D eigenvalue weighted by atomic mass is 35.5. The molecular formula is C15H13ClN2O2S. The Morgan fingerprint density at radius 3 is 2.43 bits per heavy atom. The number of nitrogens with one attached hydrogen (secondary N) is 1. The maximum absolute atomic E-state index is 12.4. The van der Waals surface area contributed by atoms with E-state index in [1.165, 1.54) is 18.2 Å². The minimum absolute atomic E-state index is 0.0744. The van der Waals surface area contributed by atoms with Gasteiger partial charge in [-0.15, -0.1) is 0 Å². The maximum Gasteiger partial charge on any atom is 0.263 e. The molecule has 0 spiro atoms. The van der Waals surface area contributed by atoms with Crippen LogP contribution in [0.3, 0.4) is 0 Å². The van der Waals surface area contributed by atoms with Crippen LogP contribution < -0.4 is 4.72 Å². The first-order valence-corrected chi connectivity index (χ1v) is 7.99. The van der Waals surface area contributed by atoms with E-state index in [9.17, 15) is 8.42 Å². The lowest BCUT2D eigenvalue weighted by Crippen LogP contribution is -2.14. The number of hydrogen-bond donors (Lipinski definition) is 1. The Hall–Kier alpha value is -2.03. The summed E-state index contributed by atoms with van der Waals surface area (Å²) in [6, 6.07) is 11.3. The monoisotopic (exact) mass is 320 g/mol. The molecule has 0 radical (unpaired) electrons. The lowest BCUT2D eigenvalue weighted by atomic mass is 10.1. The van der Waals surface area contributed by atoms with Gasteiger partial charge in [-0.25, -0.2) is 8.42 Å². The third kappa shape index (κ3) is 3.35. The number of sulfonamides is 1. The molecule has 0 saturated heterocycles. The molecule has 0 aliphatic carbocycles. The number of aryl methyl sites for hydroxylation is 2. The van der Waals surface area contributed by atoms with E-state index in [2.05, 4.69) is 4.72 Å². The van der Waals surface area contributed by atoms with Crippen molar-refractivity contribution in [3.8, 4) is 6.07 Å². The smallest absolute Gasteiger partial charge is 0.263 e. The van der Waals surface area contributed by atoms with E-state index in [-0.39, 0.29) is 15.5 Å². The maximum atomic E-state index is 12.4. The van der Waals surface area contributed by atoms with Gasteiger partial charge in [0.15, 0.2) is 0 Å². The number of nitriles is 1. The Balaban J connectivity index is 2.43. The summed E-state index contributed by atoms with van der Waals surface area (Å²) in [5.41, 5.74) is 2.74. The van der Waals surface area contributed by atoms with Crippen LogP contribution in [0.2, 0.25) is 5.02 Å². The molecule has 0 saturated carbocycles. The second-order valence-corrected chi connectivity index (χ2v) is 6.72. The van der Waals surface area contributed by atoms with E-state index in [1.807, 2.05) is 26.0 Å². The van der Waals surface area contributed by atoms with Gasteiger partial charge in [0.1, 0.15) is 4.90 Å². The second-order valence-electron chi connectivity index (χ2n) is 4.66. The molecule has 0 unspecified atom stereocenters. The fraction of sp³-hybridized carbons (Fsp3) is 0.133. The molecule has 108 valence electrons. The summed E-state index contributed by atoms with van der Waals surface area (Å²) in [5, 5.41) is 8.94. The quantitative estimate of drug-likeness (QED) is 0.938. The van der Waals surface area contributed by atoms with Gasteiger partial charge in [0, 0.05) is 5.69 Å². The van der Waals surface area contributed by atoms with Gasteiger partial charge in [0.2, 0.25) is 0 Å². The summed E-state index contributed by atoms with van der Waals surface area (Å²) >= 11 is 5.93. The summed E-state index contributed by atoms with van der Waals surface area (Å²) in [7, 11) is -3.84. The van der Waals surface area contributed by atoms with Gasteiger partial charge in [0.05, 0.1) is 16.7 Å². The summed E-state index contributed by atoms with van der Waals surface area (Å²) in [6.45, 7) is 3.84. The average molecular weight is 321 g/mol. The van der Waals surface area contributed by atoms with Crippen LogP contribution in [-0.4, -0.2) is 8.42 Å². The van der Waals surface area contributed by atoms with Crippen LogP contribution in [0.15, 0.2) is 41.3 Å². The molecule has 6 heteroatoms. The summed E-state index contributed by atoms with van der Waals surface area (Å²) in [5.74, 6) is 0. The molecule has 0 atom stereocenters. The van der Waals surface area contributed by atoms with Gasteiger partial charge in [0.25, 0.3) is 10.0 Å². The lowest BCUT2D eigenvalue weighted by Gasteiger charge is -2.11. The molecule has 0 aromatic heterocycles. The SMILES string of the molecule is Cc1ccc(NS(=O)(=O)c2cc(C#N)ccc2Cl)cc1C. The van der Waals surface area contributed by atoms with Gasteiger partial charge >= 0.3 is 0 Å². The summed E-state index contributed by atoms with van der Waals surface area (Å²) in [6.07, 6.45) is 0. The van der Waals surface area contributed by atoms with Gasteiger partial charge in [-0.1, -0.05) is 17.7 Å². The Bertz CT molecular complexity index is 839. The average Bonchev–Trinajstić information content (AvgIpc) is 2.43. The zero-order chi connectivity index (χ0) is 15.6. The molecule has 2 rings (SSSR count). The zero-order valence-electron chi connectivity index (χ0n) is 11.5. The molecule has 0 fully saturated rings. The molecule has 2 aromatic carbocycles. The first-order chi connectivity index (χ1) is 9.83. The van der Waals surface area contributed by atoms with Crippen molar-refractivity contribution in [1.82, 2.24) is 0 Å². The third-order valence-electron chi connectivity index (χ3n) is 3.11. The third-order valence-corrected chi connectivity index (χ3v) is 4.97. The van der Waals surface area contributed by atoms with E-state index in [0.717, 1.165) is 11.1 Å². The minimum Gasteiger partial charge on any atom is -0.280 e. The Labute approximate surface area is 129 Å². The molecule has 1 N–H and O–H groups in total. The molecule has 0 amide bonds. The highest BCUT2D eigenvalue weighted by Crippen LogP contribution is 2.25. The number of rotatable bonds is 3. The Morgan fingerprint density at radius 2 is 1.81 bits per heavy atom. The predicted molar refractivity (Wildman–Crippen MR) is 82.9 cm³/mol. The fourth-order valence-electron chi connectivity index (χ4n) is 1.79. The van der Waals surface area contributed by atoms with Crippen LogP contribution in [0.4, 0.5) is 5.69 Å². The molecule has 0 aliphatic rings. The van der Waals surface area contributed by atoms with Crippen LogP contribution in [0.1, 0.15) is 16.7 Å². The standard InChI is InChI=1S/C15H13ClN2O2S/c1-10-3-5-13(7-11(10)2)18-21(19,20)15-8-12(9-17)4-6-14(15)16/h3-8,18H,1-2H3. The van der Waals surface area contributed by atoms with Crippen LogP contribution in [0.5, 0.6) is 0 Å². The molecule has 21 heavy (non-hydrogen) atoms. The Morgan fingerprint density at radius 1 is 1.10 bits per heavy atom. The normalized spacial score (nSPS) is 11.0. The van der Waals surface area contributed by atoms with Crippen LogP contribution in [0.25, 0.3) is 0 Å². The first-order valence-electron chi connectivity index (χ1n) is 6.13. The van der Waals surface area contributed by atoms with E-state index < -0.39 is 10.0 Å². The first kappa shape index (κ1) is 15.4. The molecule has 0 heterocycles. The topological polar surface area (TPSA) is 70.0 Å². The number of halogens is 1. The van der Waals surface area contributed by atoms with Crippen molar-refractivity contribution in [2.75, 3.05) is 4.72 Å². The van der Waals surface area contributed by atoms with E-state index >= 15 is 0 Å². The number of hydrogen-bond acceptors (Lipinski definition) is 3. The van der Waals surface area contributed by atoms with Crippen molar-refractivity contribution in [3.63, 3.8) is 0 Å². The Kier molecular flexibility index (Phi) is 4.21. The molecule has 0 bridgehead atoms. The lowest BCUT2D eigenvalue weighted by molar-refractivity contribution is 0.601. The van der Waals surface area contributed by atoms with Gasteiger partial charge in [-0.05, 0) is 55.3 Å². The number of benzene rings is 2. The van der Waals surface area contributed by atoms with Crippen molar-refractivity contribution in [2.24, 2.45) is 0 Å². The summed E-state index contributed by atoms with van der Waals surface area (Å²) in [4.78, 5) is -0.110. The van der Waals surface area contributed by atoms with Crippen molar-refractivity contribution >= 4 is 27.3 Å². The van der Waals surface area contributed by atoms with E-state index in [4.69, 9.17) is 16.9 Å². The minimum atomic E-state index is -3.84. The van der Waals surface area contributed by atoms with Gasteiger partial charge < -0.3 is 0 Å². The summed E-state index contributed by atoms with van der Waals surface area (Å²) < 4.78 is 27.2. The van der Waals surface area contributed by atoms with Crippen molar-refractivity contribution in [3.05, 3.63) is 58.1 Å². The van der Waals surface area contributed by atoms with Crippen LogP contribution in [-0.2, 0) is 10.0 Å². The highest BCUT2D eigenvalue weighted by Gasteiger charge is 2.19. The largest absolute Gasteiger partial charge is 0.280 e. The van der Waals surface area contributed by atoms with E-state index in [0.29, 0.717) is 5.69 Å². The zero-order valence-corrected chi connectivity index (χ0v) is 13.1. The second kappa shape index (κ2) is 5.76. The molecule has 2 aromatic rings. The highest BCUT2D eigenvalue weighted by molar-refractivity contribution is 7.92. The van der Waals surface area contributed by atoms with Crippen molar-refractivity contribution in [2.45, 2.75) is 18.7 Å².